The summed E-state index contributed by atoms with van der Waals surface area (Å²) in [4.78, 5) is 4.20. The average Bonchev–Trinajstić information content (AvgIpc) is 2.46. The topological polar surface area (TPSA) is 17.8 Å². The highest BCUT2D eigenvalue weighted by Crippen LogP contribution is 2.23. The summed E-state index contributed by atoms with van der Waals surface area (Å²) in [5.74, 6) is 0.0532. The van der Waals surface area contributed by atoms with Crippen molar-refractivity contribution in [2.45, 2.75) is 19.8 Å². The molecule has 0 saturated heterocycles. The molecule has 2 rings (SSSR count). The first-order valence-electron chi connectivity index (χ1n) is 4.70. The quantitative estimate of drug-likeness (QED) is 0.679. The van der Waals surface area contributed by atoms with Crippen molar-refractivity contribution >= 4 is 11.0 Å². The Kier molecular flexibility index (Phi) is 2.02. The number of hydrogen-bond acceptors (Lipinski definition) is 1. The fourth-order valence-corrected chi connectivity index (χ4v) is 1.61. The van der Waals surface area contributed by atoms with Crippen LogP contribution >= 0.6 is 0 Å². The Balaban J connectivity index is 2.72. The van der Waals surface area contributed by atoms with E-state index < -0.39 is 0 Å². The molecule has 1 aromatic carbocycles. The summed E-state index contributed by atoms with van der Waals surface area (Å²) < 4.78 is 15.4. The Hall–Kier alpha value is -1.38. The summed E-state index contributed by atoms with van der Waals surface area (Å²) in [5, 5.41) is 0. The maximum absolute atomic E-state index is 13.6. The third-order valence-electron chi connectivity index (χ3n) is 2.47. The second-order valence-corrected chi connectivity index (χ2v) is 3.87. The minimum Gasteiger partial charge on any atom is -0.334 e. The smallest absolute Gasteiger partial charge is 0.128 e. The van der Waals surface area contributed by atoms with Crippen LogP contribution in [0.15, 0.2) is 18.5 Å². The summed E-state index contributed by atoms with van der Waals surface area (Å²) in [7, 11) is 1.86. The van der Waals surface area contributed by atoms with E-state index in [4.69, 9.17) is 0 Å². The van der Waals surface area contributed by atoms with Gasteiger partial charge in [0, 0.05) is 13.1 Å². The van der Waals surface area contributed by atoms with E-state index in [1.807, 2.05) is 31.5 Å². The minimum atomic E-state index is -0.142. The van der Waals surface area contributed by atoms with Gasteiger partial charge in [-0.2, -0.15) is 0 Å². The first-order valence-corrected chi connectivity index (χ1v) is 4.70. The maximum atomic E-state index is 13.6. The molecule has 0 aliphatic rings. The first kappa shape index (κ1) is 9.19. The fourth-order valence-electron chi connectivity index (χ4n) is 1.61. The van der Waals surface area contributed by atoms with Crippen molar-refractivity contribution in [2.24, 2.45) is 7.05 Å². The fraction of sp³-hybridized carbons (Fsp3) is 0.364. The highest BCUT2D eigenvalue weighted by atomic mass is 19.1. The molecule has 0 radical (unpaired) electrons. The second kappa shape index (κ2) is 3.08. The van der Waals surface area contributed by atoms with Crippen LogP contribution in [0.3, 0.4) is 0 Å². The van der Waals surface area contributed by atoms with E-state index in [-0.39, 0.29) is 11.7 Å². The molecule has 0 aliphatic carbocycles. The number of hydrogen-bond donors (Lipinski definition) is 0. The number of fused-ring (bicyclic) bond motifs is 1. The molecule has 1 aromatic heterocycles. The summed E-state index contributed by atoms with van der Waals surface area (Å²) in [6.45, 7) is 3.96. The highest BCUT2D eigenvalue weighted by Gasteiger charge is 2.10. The lowest BCUT2D eigenvalue weighted by atomic mass is 10.0. The summed E-state index contributed by atoms with van der Waals surface area (Å²) in [5.41, 5.74) is 2.43. The van der Waals surface area contributed by atoms with Crippen LogP contribution in [0.4, 0.5) is 4.39 Å². The van der Waals surface area contributed by atoms with Crippen molar-refractivity contribution < 1.29 is 4.39 Å². The van der Waals surface area contributed by atoms with Gasteiger partial charge in [-0.05, 0) is 17.5 Å². The van der Waals surface area contributed by atoms with Gasteiger partial charge in [-0.1, -0.05) is 13.8 Å². The van der Waals surface area contributed by atoms with Crippen LogP contribution in [0.1, 0.15) is 25.3 Å². The maximum Gasteiger partial charge on any atom is 0.128 e. The molecule has 74 valence electrons. The molecule has 0 N–H and O–H groups in total. The van der Waals surface area contributed by atoms with Crippen LogP contribution in [-0.2, 0) is 7.05 Å². The largest absolute Gasteiger partial charge is 0.334 e. The Morgan fingerprint density at radius 1 is 1.36 bits per heavy atom. The van der Waals surface area contributed by atoms with Gasteiger partial charge < -0.3 is 4.57 Å². The van der Waals surface area contributed by atoms with E-state index in [2.05, 4.69) is 4.98 Å². The molecule has 0 atom stereocenters. The highest BCUT2D eigenvalue weighted by molar-refractivity contribution is 5.76. The standard InChI is InChI=1S/C11H13FN2/c1-7(2)8-4-10-11(5-9(8)12)14(3)6-13-10/h4-7H,1-3H3. The van der Waals surface area contributed by atoms with E-state index in [0.717, 1.165) is 16.6 Å². The number of aromatic nitrogens is 2. The second-order valence-electron chi connectivity index (χ2n) is 3.87. The van der Waals surface area contributed by atoms with Crippen molar-refractivity contribution in [1.82, 2.24) is 9.55 Å². The normalized spacial score (nSPS) is 11.5. The molecule has 0 fully saturated rings. The van der Waals surface area contributed by atoms with Gasteiger partial charge in [0.15, 0.2) is 0 Å². The van der Waals surface area contributed by atoms with Crippen molar-refractivity contribution in [2.75, 3.05) is 0 Å². The van der Waals surface area contributed by atoms with Crippen molar-refractivity contribution in [3.63, 3.8) is 0 Å². The Bertz CT molecular complexity index is 471. The number of halogens is 1. The lowest BCUT2D eigenvalue weighted by Gasteiger charge is -2.06. The van der Waals surface area contributed by atoms with Gasteiger partial charge in [0.1, 0.15) is 5.82 Å². The summed E-state index contributed by atoms with van der Waals surface area (Å²) >= 11 is 0. The van der Waals surface area contributed by atoms with Gasteiger partial charge in [-0.25, -0.2) is 9.37 Å². The first-order chi connectivity index (χ1) is 6.59. The Labute approximate surface area is 82.4 Å². The predicted octanol–water partition coefficient (Wildman–Crippen LogP) is 2.84. The van der Waals surface area contributed by atoms with Gasteiger partial charge in [-0.15, -0.1) is 0 Å². The molecule has 0 bridgehead atoms. The minimum absolute atomic E-state index is 0.142. The molecule has 0 unspecified atom stereocenters. The summed E-state index contributed by atoms with van der Waals surface area (Å²) in [6.07, 6.45) is 1.70. The van der Waals surface area contributed by atoms with Gasteiger partial charge >= 0.3 is 0 Å². The Morgan fingerprint density at radius 2 is 2.07 bits per heavy atom. The molecule has 14 heavy (non-hydrogen) atoms. The molecule has 0 aliphatic heterocycles. The van der Waals surface area contributed by atoms with E-state index in [9.17, 15) is 4.39 Å². The Morgan fingerprint density at radius 3 is 2.71 bits per heavy atom. The number of imidazole rings is 1. The van der Waals surface area contributed by atoms with Crippen LogP contribution < -0.4 is 0 Å². The predicted molar refractivity (Wildman–Crippen MR) is 54.8 cm³/mol. The number of benzene rings is 1. The molecular formula is C11H13FN2. The van der Waals surface area contributed by atoms with Gasteiger partial charge in [0.25, 0.3) is 0 Å². The lowest BCUT2D eigenvalue weighted by molar-refractivity contribution is 0.599. The zero-order valence-corrected chi connectivity index (χ0v) is 8.58. The zero-order chi connectivity index (χ0) is 10.3. The average molecular weight is 192 g/mol. The molecule has 1 heterocycles. The number of rotatable bonds is 1. The SMILES string of the molecule is CC(C)c1cc2ncn(C)c2cc1F. The number of aryl methyl sites for hydroxylation is 1. The van der Waals surface area contributed by atoms with Crippen molar-refractivity contribution in [1.29, 1.82) is 0 Å². The van der Waals surface area contributed by atoms with Crippen LogP contribution in [0.25, 0.3) is 11.0 Å². The molecule has 0 saturated carbocycles. The molecule has 0 amide bonds. The molecular weight excluding hydrogens is 179 g/mol. The third kappa shape index (κ3) is 1.29. The van der Waals surface area contributed by atoms with E-state index >= 15 is 0 Å². The van der Waals surface area contributed by atoms with Gasteiger partial charge in [0.2, 0.25) is 0 Å². The van der Waals surface area contributed by atoms with Crippen molar-refractivity contribution in [3.05, 3.63) is 29.8 Å². The van der Waals surface area contributed by atoms with Crippen LogP contribution in [-0.4, -0.2) is 9.55 Å². The zero-order valence-electron chi connectivity index (χ0n) is 8.58. The van der Waals surface area contributed by atoms with Gasteiger partial charge in [0.05, 0.1) is 17.4 Å². The van der Waals surface area contributed by atoms with Crippen LogP contribution in [0.2, 0.25) is 0 Å². The molecule has 0 spiro atoms. The van der Waals surface area contributed by atoms with Gasteiger partial charge in [-0.3, -0.25) is 0 Å². The van der Waals surface area contributed by atoms with Crippen LogP contribution in [0, 0.1) is 5.82 Å². The van der Waals surface area contributed by atoms with E-state index in [1.165, 1.54) is 0 Å². The van der Waals surface area contributed by atoms with Crippen molar-refractivity contribution in [3.8, 4) is 0 Å². The van der Waals surface area contributed by atoms with E-state index in [1.54, 1.807) is 12.4 Å². The molecule has 2 nitrogen and oxygen atoms in total. The van der Waals surface area contributed by atoms with E-state index in [0.29, 0.717) is 0 Å². The summed E-state index contributed by atoms with van der Waals surface area (Å²) in [6, 6.07) is 3.38. The monoisotopic (exact) mass is 192 g/mol. The molecule has 3 heteroatoms. The number of nitrogens with zero attached hydrogens (tertiary/aromatic N) is 2. The molecule has 2 aromatic rings. The lowest BCUT2D eigenvalue weighted by Crippen LogP contribution is -1.94. The third-order valence-corrected chi connectivity index (χ3v) is 2.47. The van der Waals surface area contributed by atoms with Crippen LogP contribution in [0.5, 0.6) is 0 Å².